The monoisotopic (exact) mass is 316 g/mol. The summed E-state index contributed by atoms with van der Waals surface area (Å²) in [6, 6.07) is 16.3. The normalized spacial score (nSPS) is 12.7. The van der Waals surface area contributed by atoms with Crippen LogP contribution in [0.15, 0.2) is 53.9 Å². The second-order valence-electron chi connectivity index (χ2n) is 5.34. The molecule has 0 aliphatic heterocycles. The molecule has 1 unspecified atom stereocenters. The van der Waals surface area contributed by atoms with E-state index >= 15 is 0 Å². The third-order valence-electron chi connectivity index (χ3n) is 3.74. The van der Waals surface area contributed by atoms with E-state index in [0.29, 0.717) is 0 Å². The van der Waals surface area contributed by atoms with Gasteiger partial charge in [-0.05, 0) is 58.9 Å². The first-order valence-corrected chi connectivity index (χ1v) is 8.32. The number of hydrogen-bond donors (Lipinski definition) is 1. The van der Waals surface area contributed by atoms with Crippen molar-refractivity contribution in [3.63, 3.8) is 0 Å². The Morgan fingerprint density at radius 1 is 1.05 bits per heavy atom. The Hall–Kier alpha value is -1.35. The molecule has 0 amide bonds. The molecule has 0 saturated heterocycles. The van der Waals surface area contributed by atoms with Crippen LogP contribution >= 0.6 is 22.9 Å². The lowest BCUT2D eigenvalue weighted by molar-refractivity contribution is 0.225. The van der Waals surface area contributed by atoms with Gasteiger partial charge in [0.05, 0.1) is 0 Å². The van der Waals surface area contributed by atoms with Crippen molar-refractivity contribution in [2.45, 2.75) is 12.8 Å². The Bertz CT molecular complexity index is 735. The van der Waals surface area contributed by atoms with Crippen LogP contribution in [0.3, 0.4) is 0 Å². The maximum atomic E-state index is 9.70. The number of benzene rings is 2. The molecule has 0 spiro atoms. The van der Waals surface area contributed by atoms with Crippen molar-refractivity contribution >= 4 is 33.0 Å². The summed E-state index contributed by atoms with van der Waals surface area (Å²) in [6.45, 7) is 0.191. The van der Waals surface area contributed by atoms with E-state index in [-0.39, 0.29) is 12.5 Å². The molecule has 0 aliphatic carbocycles. The molecule has 0 fully saturated rings. The van der Waals surface area contributed by atoms with Gasteiger partial charge in [-0.2, -0.15) is 0 Å². The molecule has 0 bridgehead atoms. The maximum absolute atomic E-state index is 9.70. The molecular weight excluding hydrogens is 300 g/mol. The van der Waals surface area contributed by atoms with Gasteiger partial charge in [-0.15, -0.1) is 11.3 Å². The number of halogens is 1. The summed E-state index contributed by atoms with van der Waals surface area (Å²) < 4.78 is 1.31. The highest BCUT2D eigenvalue weighted by Crippen LogP contribution is 2.28. The molecule has 108 valence electrons. The minimum Gasteiger partial charge on any atom is -0.396 e. The van der Waals surface area contributed by atoms with Crippen LogP contribution in [0.5, 0.6) is 0 Å². The van der Waals surface area contributed by atoms with Gasteiger partial charge in [-0.25, -0.2) is 0 Å². The van der Waals surface area contributed by atoms with Crippen LogP contribution in [0.25, 0.3) is 10.1 Å². The van der Waals surface area contributed by atoms with Crippen LogP contribution in [0.2, 0.25) is 5.02 Å². The number of rotatable bonds is 5. The molecule has 3 rings (SSSR count). The van der Waals surface area contributed by atoms with Gasteiger partial charge in [0.1, 0.15) is 0 Å². The third-order valence-corrected chi connectivity index (χ3v) is 4.99. The predicted octanol–water partition coefficient (Wildman–Crippen LogP) is 4.95. The summed E-state index contributed by atoms with van der Waals surface area (Å²) in [5, 5.41) is 14.0. The van der Waals surface area contributed by atoms with Crippen molar-refractivity contribution in [1.29, 1.82) is 0 Å². The summed E-state index contributed by atoms with van der Waals surface area (Å²) in [4.78, 5) is 0. The Labute approximate surface area is 133 Å². The highest BCUT2D eigenvalue weighted by molar-refractivity contribution is 7.17. The molecule has 21 heavy (non-hydrogen) atoms. The lowest BCUT2D eigenvalue weighted by Gasteiger charge is -2.14. The van der Waals surface area contributed by atoms with Gasteiger partial charge in [-0.1, -0.05) is 41.9 Å². The molecule has 3 heteroatoms. The number of hydrogen-bond acceptors (Lipinski definition) is 2. The molecule has 0 aliphatic rings. The quantitative estimate of drug-likeness (QED) is 0.706. The minimum absolute atomic E-state index is 0.191. The van der Waals surface area contributed by atoms with Crippen molar-refractivity contribution in [1.82, 2.24) is 0 Å². The fourth-order valence-electron chi connectivity index (χ4n) is 2.70. The number of aliphatic hydroxyl groups excluding tert-OH is 1. The zero-order chi connectivity index (χ0) is 14.7. The fraction of sp³-hybridized carbons (Fsp3) is 0.222. The Kier molecular flexibility index (Phi) is 4.59. The largest absolute Gasteiger partial charge is 0.396 e. The van der Waals surface area contributed by atoms with E-state index < -0.39 is 0 Å². The number of thiophene rings is 1. The zero-order valence-corrected chi connectivity index (χ0v) is 13.2. The molecule has 1 aromatic heterocycles. The van der Waals surface area contributed by atoms with Gasteiger partial charge in [0, 0.05) is 16.3 Å². The molecule has 0 radical (unpaired) electrons. The van der Waals surface area contributed by atoms with Crippen LogP contribution < -0.4 is 0 Å². The van der Waals surface area contributed by atoms with Crippen LogP contribution in [0.4, 0.5) is 0 Å². The second kappa shape index (κ2) is 6.61. The Morgan fingerprint density at radius 3 is 2.71 bits per heavy atom. The lowest BCUT2D eigenvalue weighted by Crippen LogP contribution is -2.12. The molecular formula is C18H17ClOS. The summed E-state index contributed by atoms with van der Waals surface area (Å²) >= 11 is 7.80. The topological polar surface area (TPSA) is 20.2 Å². The molecule has 3 aromatic rings. The predicted molar refractivity (Wildman–Crippen MR) is 91.3 cm³/mol. The minimum atomic E-state index is 0.191. The van der Waals surface area contributed by atoms with E-state index in [0.717, 1.165) is 17.9 Å². The van der Waals surface area contributed by atoms with Crippen LogP contribution in [-0.2, 0) is 12.8 Å². The molecule has 1 N–H and O–H groups in total. The second-order valence-corrected chi connectivity index (χ2v) is 6.69. The average Bonchev–Trinajstić information content (AvgIpc) is 2.90. The van der Waals surface area contributed by atoms with Crippen LogP contribution in [0, 0.1) is 5.92 Å². The summed E-state index contributed by atoms with van der Waals surface area (Å²) in [5.74, 6) is 0.224. The molecule has 1 heterocycles. The maximum Gasteiger partial charge on any atom is 0.0465 e. The van der Waals surface area contributed by atoms with Gasteiger partial charge in [0.25, 0.3) is 0 Å². The van der Waals surface area contributed by atoms with E-state index in [1.54, 1.807) is 11.3 Å². The van der Waals surface area contributed by atoms with E-state index in [1.165, 1.54) is 21.2 Å². The van der Waals surface area contributed by atoms with Gasteiger partial charge >= 0.3 is 0 Å². The first kappa shape index (κ1) is 14.6. The Morgan fingerprint density at radius 2 is 1.90 bits per heavy atom. The number of fused-ring (bicyclic) bond motifs is 1. The van der Waals surface area contributed by atoms with E-state index in [1.807, 2.05) is 18.2 Å². The van der Waals surface area contributed by atoms with Crippen molar-refractivity contribution in [2.24, 2.45) is 5.92 Å². The van der Waals surface area contributed by atoms with E-state index in [2.05, 4.69) is 35.7 Å². The molecule has 2 aromatic carbocycles. The van der Waals surface area contributed by atoms with Crippen molar-refractivity contribution in [2.75, 3.05) is 6.61 Å². The van der Waals surface area contributed by atoms with Gasteiger partial charge in [0.15, 0.2) is 0 Å². The highest BCUT2D eigenvalue weighted by atomic mass is 35.5. The first-order valence-electron chi connectivity index (χ1n) is 7.06. The van der Waals surface area contributed by atoms with Gasteiger partial charge in [-0.3, -0.25) is 0 Å². The van der Waals surface area contributed by atoms with Crippen LogP contribution in [0.1, 0.15) is 11.1 Å². The summed E-state index contributed by atoms with van der Waals surface area (Å²) in [7, 11) is 0. The molecule has 1 atom stereocenters. The summed E-state index contributed by atoms with van der Waals surface area (Å²) in [6.07, 6.45) is 1.74. The highest BCUT2D eigenvalue weighted by Gasteiger charge is 2.13. The van der Waals surface area contributed by atoms with Gasteiger partial charge < -0.3 is 5.11 Å². The van der Waals surface area contributed by atoms with Crippen molar-refractivity contribution in [3.8, 4) is 0 Å². The number of aliphatic hydroxyl groups is 1. The first-order chi connectivity index (χ1) is 10.3. The van der Waals surface area contributed by atoms with Crippen molar-refractivity contribution < 1.29 is 5.11 Å². The Balaban J connectivity index is 1.78. The fourth-order valence-corrected chi connectivity index (χ4v) is 3.89. The molecule has 1 nitrogen and oxygen atoms in total. The average molecular weight is 317 g/mol. The molecule has 0 saturated carbocycles. The smallest absolute Gasteiger partial charge is 0.0465 e. The standard InChI is InChI=1S/C18H17ClOS/c19-16-5-3-4-13(10-16)8-14(11-20)9-15-12-21-18-7-2-1-6-17(15)18/h1-7,10,12,14,20H,8-9,11H2. The third kappa shape index (κ3) is 3.46. The SMILES string of the molecule is OCC(Cc1cccc(Cl)c1)Cc1csc2ccccc12. The van der Waals surface area contributed by atoms with Crippen molar-refractivity contribution in [3.05, 3.63) is 70.1 Å². The zero-order valence-electron chi connectivity index (χ0n) is 11.6. The van der Waals surface area contributed by atoms with Crippen LogP contribution in [-0.4, -0.2) is 11.7 Å². The van der Waals surface area contributed by atoms with E-state index in [9.17, 15) is 5.11 Å². The van der Waals surface area contributed by atoms with Gasteiger partial charge in [0.2, 0.25) is 0 Å². The van der Waals surface area contributed by atoms with E-state index in [4.69, 9.17) is 11.6 Å². The summed E-state index contributed by atoms with van der Waals surface area (Å²) in [5.41, 5.74) is 2.51. The lowest BCUT2D eigenvalue weighted by atomic mass is 9.93.